The van der Waals surface area contributed by atoms with Crippen molar-refractivity contribution in [3.05, 3.63) is 6.07 Å². The third-order valence-corrected chi connectivity index (χ3v) is 4.62. The normalized spacial score (nSPS) is 18.8. The van der Waals surface area contributed by atoms with Gasteiger partial charge in [0.1, 0.15) is 11.6 Å². The van der Waals surface area contributed by atoms with E-state index in [1.54, 1.807) is 0 Å². The lowest BCUT2D eigenvalue weighted by Gasteiger charge is -2.38. The molecule has 0 unspecified atom stereocenters. The van der Waals surface area contributed by atoms with Crippen molar-refractivity contribution in [1.29, 1.82) is 0 Å². The molecule has 0 bridgehead atoms. The van der Waals surface area contributed by atoms with Crippen molar-refractivity contribution < 1.29 is 0 Å². The number of nitrogens with zero attached hydrogens (tertiary/aromatic N) is 3. The standard InChI is InChI=1S/C11H19N5S2/c1-11(2)7-16(4-5-18-11)9-6-8(15-12)13-10(14-9)17-3/h6H,4-5,7,12H2,1-3H3,(H,13,14,15). The number of rotatable bonds is 3. The Morgan fingerprint density at radius 1 is 1.50 bits per heavy atom. The van der Waals surface area contributed by atoms with Gasteiger partial charge in [0.25, 0.3) is 0 Å². The van der Waals surface area contributed by atoms with E-state index in [1.807, 2.05) is 24.1 Å². The van der Waals surface area contributed by atoms with E-state index in [4.69, 9.17) is 5.84 Å². The van der Waals surface area contributed by atoms with E-state index in [0.29, 0.717) is 5.82 Å². The summed E-state index contributed by atoms with van der Waals surface area (Å²) in [7, 11) is 0. The van der Waals surface area contributed by atoms with Crippen LogP contribution in [0.2, 0.25) is 0 Å². The Morgan fingerprint density at radius 2 is 2.28 bits per heavy atom. The van der Waals surface area contributed by atoms with Gasteiger partial charge < -0.3 is 10.3 Å². The highest BCUT2D eigenvalue weighted by Crippen LogP contribution is 2.32. The third kappa shape index (κ3) is 3.21. The molecule has 18 heavy (non-hydrogen) atoms. The van der Waals surface area contributed by atoms with Crippen LogP contribution in [-0.4, -0.2) is 39.8 Å². The Kier molecular flexibility index (Phi) is 4.24. The van der Waals surface area contributed by atoms with E-state index in [1.165, 1.54) is 11.8 Å². The lowest BCUT2D eigenvalue weighted by atomic mass is 10.2. The van der Waals surface area contributed by atoms with Crippen LogP contribution in [0, 0.1) is 0 Å². The summed E-state index contributed by atoms with van der Waals surface area (Å²) >= 11 is 3.53. The molecule has 1 aromatic rings. The van der Waals surface area contributed by atoms with Crippen LogP contribution in [0.15, 0.2) is 11.2 Å². The average Bonchev–Trinajstić information content (AvgIpc) is 2.37. The summed E-state index contributed by atoms with van der Waals surface area (Å²) in [4.78, 5) is 11.2. The summed E-state index contributed by atoms with van der Waals surface area (Å²) in [5, 5.41) is 0.747. The van der Waals surface area contributed by atoms with Gasteiger partial charge in [-0.3, -0.25) is 0 Å². The zero-order valence-electron chi connectivity index (χ0n) is 10.9. The topological polar surface area (TPSA) is 67.1 Å². The fraction of sp³-hybridized carbons (Fsp3) is 0.636. The van der Waals surface area contributed by atoms with Gasteiger partial charge in [-0.2, -0.15) is 11.8 Å². The zero-order valence-corrected chi connectivity index (χ0v) is 12.6. The zero-order chi connectivity index (χ0) is 13.2. The molecule has 1 aliphatic heterocycles. The van der Waals surface area contributed by atoms with E-state index >= 15 is 0 Å². The molecule has 2 heterocycles. The van der Waals surface area contributed by atoms with E-state index in [-0.39, 0.29) is 4.75 Å². The largest absolute Gasteiger partial charge is 0.354 e. The van der Waals surface area contributed by atoms with Crippen molar-refractivity contribution in [2.24, 2.45) is 5.84 Å². The van der Waals surface area contributed by atoms with Crippen LogP contribution >= 0.6 is 23.5 Å². The number of nitrogen functional groups attached to an aromatic ring is 1. The monoisotopic (exact) mass is 285 g/mol. The quantitative estimate of drug-likeness (QED) is 0.380. The predicted octanol–water partition coefficient (Wildman–Crippen LogP) is 1.82. The van der Waals surface area contributed by atoms with Crippen LogP contribution in [0.5, 0.6) is 0 Å². The number of hydrogen-bond donors (Lipinski definition) is 2. The summed E-state index contributed by atoms with van der Waals surface area (Å²) in [5.41, 5.74) is 2.61. The first-order valence-electron chi connectivity index (χ1n) is 5.83. The molecule has 0 atom stereocenters. The molecule has 0 aromatic carbocycles. The molecule has 100 valence electrons. The molecule has 1 saturated heterocycles. The Morgan fingerprint density at radius 3 is 2.89 bits per heavy atom. The van der Waals surface area contributed by atoms with Crippen molar-refractivity contribution in [2.45, 2.75) is 23.8 Å². The second-order valence-corrected chi connectivity index (χ2v) is 7.35. The molecule has 0 amide bonds. The molecule has 0 spiro atoms. The Hall–Kier alpha value is -0.660. The summed E-state index contributed by atoms with van der Waals surface area (Å²) in [6.45, 7) is 6.54. The van der Waals surface area contributed by atoms with Crippen LogP contribution < -0.4 is 16.2 Å². The Labute approximate surface area is 116 Å². The maximum atomic E-state index is 5.45. The van der Waals surface area contributed by atoms with Crippen molar-refractivity contribution in [3.63, 3.8) is 0 Å². The van der Waals surface area contributed by atoms with Gasteiger partial charge in [0.2, 0.25) is 0 Å². The molecular weight excluding hydrogens is 266 g/mol. The smallest absolute Gasteiger partial charge is 0.191 e. The molecule has 3 N–H and O–H groups in total. The summed E-state index contributed by atoms with van der Waals surface area (Å²) in [6.07, 6.45) is 1.97. The lowest BCUT2D eigenvalue weighted by Crippen LogP contribution is -2.43. The second-order valence-electron chi connectivity index (χ2n) is 4.77. The number of nitrogens with two attached hydrogens (primary N) is 1. The molecule has 0 aliphatic carbocycles. The van der Waals surface area contributed by atoms with E-state index < -0.39 is 0 Å². The molecule has 1 aliphatic rings. The minimum absolute atomic E-state index is 0.263. The number of aromatic nitrogens is 2. The molecule has 1 fully saturated rings. The Balaban J connectivity index is 2.26. The van der Waals surface area contributed by atoms with E-state index in [2.05, 4.69) is 34.1 Å². The predicted molar refractivity (Wildman–Crippen MR) is 80.4 cm³/mol. The van der Waals surface area contributed by atoms with Gasteiger partial charge in [-0.25, -0.2) is 15.8 Å². The highest BCUT2D eigenvalue weighted by molar-refractivity contribution is 8.00. The number of nitrogens with one attached hydrogen (secondary N) is 1. The molecule has 2 rings (SSSR count). The van der Waals surface area contributed by atoms with Gasteiger partial charge in [-0.1, -0.05) is 11.8 Å². The van der Waals surface area contributed by atoms with Crippen LogP contribution in [0.1, 0.15) is 13.8 Å². The fourth-order valence-corrected chi connectivity index (χ4v) is 3.44. The minimum atomic E-state index is 0.263. The van der Waals surface area contributed by atoms with Crippen molar-refractivity contribution >= 4 is 35.2 Å². The maximum absolute atomic E-state index is 5.45. The lowest BCUT2D eigenvalue weighted by molar-refractivity contribution is 0.639. The van der Waals surface area contributed by atoms with Crippen molar-refractivity contribution in [2.75, 3.05) is 35.4 Å². The fourth-order valence-electron chi connectivity index (χ4n) is 1.95. The van der Waals surface area contributed by atoms with Gasteiger partial charge in [0.15, 0.2) is 5.16 Å². The first kappa shape index (κ1) is 13.8. The number of hydrazine groups is 1. The van der Waals surface area contributed by atoms with Gasteiger partial charge in [0.05, 0.1) is 0 Å². The molecule has 1 aromatic heterocycles. The van der Waals surface area contributed by atoms with Crippen LogP contribution in [0.25, 0.3) is 0 Å². The van der Waals surface area contributed by atoms with Crippen molar-refractivity contribution in [3.8, 4) is 0 Å². The van der Waals surface area contributed by atoms with Gasteiger partial charge in [-0.15, -0.1) is 0 Å². The van der Waals surface area contributed by atoms with Crippen LogP contribution in [-0.2, 0) is 0 Å². The highest BCUT2D eigenvalue weighted by Gasteiger charge is 2.28. The van der Waals surface area contributed by atoms with Gasteiger partial charge >= 0.3 is 0 Å². The third-order valence-electron chi connectivity index (χ3n) is 2.77. The SMILES string of the molecule is CSc1nc(NN)cc(N2CCSC(C)(C)C2)n1. The average molecular weight is 285 g/mol. The maximum Gasteiger partial charge on any atom is 0.191 e. The second kappa shape index (κ2) is 5.54. The summed E-state index contributed by atoms with van der Waals surface area (Å²) in [5.74, 6) is 8.20. The van der Waals surface area contributed by atoms with Crippen molar-refractivity contribution in [1.82, 2.24) is 9.97 Å². The molecule has 5 nitrogen and oxygen atoms in total. The first-order chi connectivity index (χ1) is 8.54. The molecule has 0 radical (unpaired) electrons. The highest BCUT2D eigenvalue weighted by atomic mass is 32.2. The van der Waals surface area contributed by atoms with Gasteiger partial charge in [-0.05, 0) is 20.1 Å². The summed E-state index contributed by atoms with van der Waals surface area (Å²) in [6, 6.07) is 1.91. The molecular formula is C11H19N5S2. The summed E-state index contributed by atoms with van der Waals surface area (Å²) < 4.78 is 0.263. The van der Waals surface area contributed by atoms with E-state index in [0.717, 1.165) is 29.8 Å². The van der Waals surface area contributed by atoms with Crippen LogP contribution in [0.4, 0.5) is 11.6 Å². The van der Waals surface area contributed by atoms with Crippen LogP contribution in [0.3, 0.4) is 0 Å². The number of hydrogen-bond acceptors (Lipinski definition) is 7. The number of thioether (sulfide) groups is 2. The molecule has 0 saturated carbocycles. The van der Waals surface area contributed by atoms with E-state index in [9.17, 15) is 0 Å². The van der Waals surface area contributed by atoms with Gasteiger partial charge in [0, 0.05) is 29.7 Å². The first-order valence-corrected chi connectivity index (χ1v) is 8.04. The number of anilines is 2. The minimum Gasteiger partial charge on any atom is -0.354 e. The Bertz CT molecular complexity index is 402. The molecule has 7 heteroatoms.